The summed E-state index contributed by atoms with van der Waals surface area (Å²) < 4.78 is 0. The third kappa shape index (κ3) is 29.7. The highest BCUT2D eigenvalue weighted by atomic mass is 16.4. The van der Waals surface area contributed by atoms with E-state index in [1.165, 1.54) is 51.4 Å². The minimum atomic E-state index is -1.36. The Bertz CT molecular complexity index is 1040. The molecule has 0 aliphatic heterocycles. The largest absolute Gasteiger partial charge is 0.481 e. The first kappa shape index (κ1) is 47.2. The lowest BCUT2D eigenvalue weighted by Gasteiger charge is -2.17. The van der Waals surface area contributed by atoms with Gasteiger partial charge in [-0.25, -0.2) is 9.59 Å². The molecule has 0 radical (unpaired) electrons. The molecule has 3 atom stereocenters. The van der Waals surface area contributed by atoms with Crippen molar-refractivity contribution >= 4 is 41.6 Å². The van der Waals surface area contributed by atoms with Gasteiger partial charge in [0.25, 0.3) is 0 Å². The molecule has 0 aromatic carbocycles. The molecule has 0 bridgehead atoms. The Morgan fingerprint density at radius 1 is 0.412 bits per heavy atom. The first-order valence-corrected chi connectivity index (χ1v) is 18.8. The monoisotopic (exact) mass is 728 g/mol. The standard InChI is InChI=1S/C36H64N4O11/c37-27(34(46)47)19-17-18-26-38-30(41)24-22-28(35(48)49)40-32(43)25-23-29(36(50)51)39-31(42)20-15-13-11-9-7-5-3-1-2-4-6-8-10-12-14-16-21-33(44)45/h27-29H,1-26,37H2,(H,38,41)(H,39,42)(H,40,43)(H,44,45)(H,46,47)(H,48,49)(H,50,51)/t27-,28-,29-/m0/s1. The normalized spacial score (nSPS) is 12.7. The molecule has 0 aliphatic carbocycles. The molecule has 15 nitrogen and oxygen atoms in total. The van der Waals surface area contributed by atoms with Gasteiger partial charge in [0.1, 0.15) is 18.1 Å². The zero-order chi connectivity index (χ0) is 38.3. The summed E-state index contributed by atoms with van der Waals surface area (Å²) in [7, 11) is 0. The molecule has 0 aliphatic rings. The fourth-order valence-corrected chi connectivity index (χ4v) is 5.56. The van der Waals surface area contributed by atoms with Gasteiger partial charge in [-0.15, -0.1) is 0 Å². The number of nitrogens with one attached hydrogen (secondary N) is 3. The van der Waals surface area contributed by atoms with Crippen molar-refractivity contribution < 1.29 is 54.0 Å². The predicted molar refractivity (Wildman–Crippen MR) is 191 cm³/mol. The number of carboxylic acids is 4. The Labute approximate surface area is 302 Å². The van der Waals surface area contributed by atoms with Crippen molar-refractivity contribution in [2.24, 2.45) is 5.73 Å². The molecule has 0 unspecified atom stereocenters. The van der Waals surface area contributed by atoms with Gasteiger partial charge in [-0.1, -0.05) is 89.9 Å². The maximum absolute atomic E-state index is 12.4. The number of rotatable bonds is 35. The zero-order valence-electron chi connectivity index (χ0n) is 30.3. The van der Waals surface area contributed by atoms with E-state index < -0.39 is 59.7 Å². The van der Waals surface area contributed by atoms with Gasteiger partial charge in [0.05, 0.1) is 0 Å². The van der Waals surface area contributed by atoms with Crippen LogP contribution in [0.1, 0.15) is 161 Å². The van der Waals surface area contributed by atoms with E-state index in [1.54, 1.807) is 0 Å². The van der Waals surface area contributed by atoms with Crippen LogP contribution in [0.2, 0.25) is 0 Å². The van der Waals surface area contributed by atoms with Crippen molar-refractivity contribution in [1.29, 1.82) is 0 Å². The number of carboxylic acid groups (broad SMARTS) is 4. The molecular formula is C36H64N4O11. The van der Waals surface area contributed by atoms with Gasteiger partial charge in [0.15, 0.2) is 0 Å². The van der Waals surface area contributed by atoms with E-state index in [0.717, 1.165) is 44.9 Å². The third-order valence-corrected chi connectivity index (χ3v) is 8.71. The van der Waals surface area contributed by atoms with Crippen LogP contribution in [-0.2, 0) is 33.6 Å². The fourth-order valence-electron chi connectivity index (χ4n) is 5.56. The summed E-state index contributed by atoms with van der Waals surface area (Å²) in [5.41, 5.74) is 5.42. The lowest BCUT2D eigenvalue weighted by atomic mass is 10.0. The number of hydrogen-bond donors (Lipinski definition) is 8. The van der Waals surface area contributed by atoms with E-state index in [9.17, 15) is 43.8 Å². The number of aliphatic carboxylic acids is 4. The molecule has 0 saturated carbocycles. The summed E-state index contributed by atoms with van der Waals surface area (Å²) in [6.07, 6.45) is 18.2. The number of carbonyl (C=O) groups excluding carboxylic acids is 3. The van der Waals surface area contributed by atoms with E-state index in [-0.39, 0.29) is 51.5 Å². The maximum atomic E-state index is 12.4. The van der Waals surface area contributed by atoms with E-state index in [2.05, 4.69) is 16.0 Å². The topological polar surface area (TPSA) is 263 Å². The lowest BCUT2D eigenvalue weighted by Crippen LogP contribution is -2.44. The number of amides is 3. The fraction of sp³-hybridized carbons (Fsp3) is 0.806. The molecule has 0 aromatic rings. The van der Waals surface area contributed by atoms with E-state index >= 15 is 0 Å². The predicted octanol–water partition coefficient (Wildman–Crippen LogP) is 4.49. The van der Waals surface area contributed by atoms with Crippen LogP contribution in [-0.4, -0.2) is 86.7 Å². The van der Waals surface area contributed by atoms with Crippen molar-refractivity contribution in [3.63, 3.8) is 0 Å². The van der Waals surface area contributed by atoms with E-state index in [1.807, 2.05) is 0 Å². The average molecular weight is 729 g/mol. The number of nitrogens with two attached hydrogens (primary N) is 1. The summed E-state index contributed by atoms with van der Waals surface area (Å²) >= 11 is 0. The summed E-state index contributed by atoms with van der Waals surface area (Å²) in [5.74, 6) is -6.01. The summed E-state index contributed by atoms with van der Waals surface area (Å²) in [6, 6.07) is -3.62. The number of carbonyl (C=O) groups is 7. The van der Waals surface area contributed by atoms with Gasteiger partial charge in [-0.05, 0) is 44.9 Å². The Morgan fingerprint density at radius 3 is 1.18 bits per heavy atom. The van der Waals surface area contributed by atoms with Gasteiger partial charge in [-0.3, -0.25) is 24.0 Å². The third-order valence-electron chi connectivity index (χ3n) is 8.71. The highest BCUT2D eigenvalue weighted by molar-refractivity contribution is 5.86. The molecule has 0 spiro atoms. The van der Waals surface area contributed by atoms with Crippen LogP contribution >= 0.6 is 0 Å². The van der Waals surface area contributed by atoms with E-state index in [0.29, 0.717) is 19.3 Å². The van der Waals surface area contributed by atoms with Crippen LogP contribution < -0.4 is 21.7 Å². The maximum Gasteiger partial charge on any atom is 0.326 e. The molecule has 15 heteroatoms. The average Bonchev–Trinajstić information content (AvgIpc) is 3.07. The molecule has 0 heterocycles. The Balaban J connectivity index is 4.01. The van der Waals surface area contributed by atoms with Crippen LogP contribution in [0.15, 0.2) is 0 Å². The molecule has 51 heavy (non-hydrogen) atoms. The van der Waals surface area contributed by atoms with Crippen molar-refractivity contribution in [2.45, 2.75) is 179 Å². The second-order valence-electron chi connectivity index (χ2n) is 13.3. The second-order valence-corrected chi connectivity index (χ2v) is 13.3. The van der Waals surface area contributed by atoms with Crippen molar-refractivity contribution in [1.82, 2.24) is 16.0 Å². The minimum Gasteiger partial charge on any atom is -0.481 e. The molecule has 0 saturated heterocycles. The lowest BCUT2D eigenvalue weighted by molar-refractivity contribution is -0.143. The molecule has 0 fully saturated rings. The van der Waals surface area contributed by atoms with E-state index in [4.69, 9.17) is 15.9 Å². The van der Waals surface area contributed by atoms with Crippen LogP contribution in [0.5, 0.6) is 0 Å². The Hall–Kier alpha value is -3.75. The van der Waals surface area contributed by atoms with Crippen LogP contribution in [0.3, 0.4) is 0 Å². The highest BCUT2D eigenvalue weighted by Crippen LogP contribution is 2.14. The summed E-state index contributed by atoms with van der Waals surface area (Å²) in [5, 5.41) is 43.7. The minimum absolute atomic E-state index is 0.178. The smallest absolute Gasteiger partial charge is 0.326 e. The molecule has 9 N–H and O–H groups in total. The summed E-state index contributed by atoms with van der Waals surface area (Å²) in [4.78, 5) is 81.2. The first-order valence-electron chi connectivity index (χ1n) is 18.8. The SMILES string of the molecule is N[C@@H](CCCCNC(=O)CC[C@H](NC(=O)CC[C@H](NC(=O)CCCCCCCCCCCCCCCCCCC(=O)O)C(=O)O)C(=O)O)C(=O)O. The molecule has 294 valence electrons. The first-order chi connectivity index (χ1) is 24.3. The van der Waals surface area contributed by atoms with Gasteiger partial charge in [0.2, 0.25) is 17.7 Å². The zero-order valence-corrected chi connectivity index (χ0v) is 30.3. The molecule has 0 aromatic heterocycles. The highest BCUT2D eigenvalue weighted by Gasteiger charge is 2.24. The molecule has 3 amide bonds. The summed E-state index contributed by atoms with van der Waals surface area (Å²) in [6.45, 7) is 0.266. The quantitative estimate of drug-likeness (QED) is 0.0420. The van der Waals surface area contributed by atoms with Crippen molar-refractivity contribution in [3.8, 4) is 0 Å². The van der Waals surface area contributed by atoms with Crippen molar-refractivity contribution in [3.05, 3.63) is 0 Å². The number of hydrogen-bond acceptors (Lipinski definition) is 8. The molecule has 0 rings (SSSR count). The van der Waals surface area contributed by atoms with Crippen LogP contribution in [0.25, 0.3) is 0 Å². The number of unbranched alkanes of at least 4 members (excludes halogenated alkanes) is 16. The van der Waals surface area contributed by atoms with Crippen LogP contribution in [0.4, 0.5) is 0 Å². The Kier molecular flexibility index (Phi) is 28.7. The van der Waals surface area contributed by atoms with Gasteiger partial charge in [0, 0.05) is 32.2 Å². The Morgan fingerprint density at radius 2 is 0.784 bits per heavy atom. The van der Waals surface area contributed by atoms with Gasteiger partial charge in [-0.2, -0.15) is 0 Å². The van der Waals surface area contributed by atoms with Gasteiger partial charge >= 0.3 is 23.9 Å². The van der Waals surface area contributed by atoms with Gasteiger partial charge < -0.3 is 42.1 Å². The van der Waals surface area contributed by atoms with Crippen LogP contribution in [0, 0.1) is 0 Å². The molecular weight excluding hydrogens is 664 g/mol. The second kappa shape index (κ2) is 31.0. The van der Waals surface area contributed by atoms with Crippen molar-refractivity contribution in [2.75, 3.05) is 6.54 Å².